The fraction of sp³-hybridized carbons (Fsp3) is 0.632. The summed E-state index contributed by atoms with van der Waals surface area (Å²) in [6.07, 6.45) is 4.91. The molecular formula is C19H30N2O3S. The predicted octanol–water partition coefficient (Wildman–Crippen LogP) is 2.92. The average molecular weight is 367 g/mol. The zero-order valence-corrected chi connectivity index (χ0v) is 16.2. The van der Waals surface area contributed by atoms with Crippen LogP contribution < -0.4 is 0 Å². The van der Waals surface area contributed by atoms with Crippen molar-refractivity contribution < 1.29 is 13.2 Å². The number of hydrogen-bond acceptors (Lipinski definition) is 3. The van der Waals surface area contributed by atoms with Crippen LogP contribution in [-0.2, 0) is 16.4 Å². The molecular weight excluding hydrogens is 336 g/mol. The van der Waals surface area contributed by atoms with Crippen molar-refractivity contribution >= 4 is 15.9 Å². The highest BCUT2D eigenvalue weighted by Gasteiger charge is 2.28. The van der Waals surface area contributed by atoms with Gasteiger partial charge < -0.3 is 4.90 Å². The monoisotopic (exact) mass is 366 g/mol. The third kappa shape index (κ3) is 5.54. The Morgan fingerprint density at radius 2 is 1.56 bits per heavy atom. The lowest BCUT2D eigenvalue weighted by atomic mass is 10.1. The molecule has 0 spiro atoms. The van der Waals surface area contributed by atoms with E-state index in [-0.39, 0.29) is 11.7 Å². The zero-order chi connectivity index (χ0) is 18.3. The largest absolute Gasteiger partial charge is 0.336 e. The number of piperazine rings is 1. The highest BCUT2D eigenvalue weighted by atomic mass is 32.2. The van der Waals surface area contributed by atoms with Crippen LogP contribution in [0.5, 0.6) is 0 Å². The Morgan fingerprint density at radius 3 is 2.12 bits per heavy atom. The number of amides is 1. The third-order valence-electron chi connectivity index (χ3n) is 4.69. The molecule has 5 nitrogen and oxygen atoms in total. The quantitative estimate of drug-likeness (QED) is 0.711. The summed E-state index contributed by atoms with van der Waals surface area (Å²) in [5.41, 5.74) is 1.94. The van der Waals surface area contributed by atoms with Gasteiger partial charge in [-0.3, -0.25) is 4.79 Å². The van der Waals surface area contributed by atoms with Gasteiger partial charge in [0.05, 0.1) is 5.75 Å². The third-order valence-corrected chi connectivity index (χ3v) is 6.65. The molecule has 1 aromatic carbocycles. The van der Waals surface area contributed by atoms with E-state index in [2.05, 4.69) is 6.92 Å². The van der Waals surface area contributed by atoms with Crippen molar-refractivity contribution in [3.63, 3.8) is 0 Å². The minimum Gasteiger partial charge on any atom is -0.336 e. The molecule has 0 aliphatic carbocycles. The Hall–Kier alpha value is -1.40. The first-order chi connectivity index (χ1) is 12.0. The summed E-state index contributed by atoms with van der Waals surface area (Å²) in [6, 6.07) is 7.82. The lowest BCUT2D eigenvalue weighted by Gasteiger charge is -2.34. The van der Waals surface area contributed by atoms with Gasteiger partial charge in [-0.15, -0.1) is 0 Å². The van der Waals surface area contributed by atoms with Crippen LogP contribution >= 0.6 is 0 Å². The molecule has 1 fully saturated rings. The van der Waals surface area contributed by atoms with Gasteiger partial charge in [-0.25, -0.2) is 8.42 Å². The number of benzene rings is 1. The Kier molecular flexibility index (Phi) is 7.44. The Morgan fingerprint density at radius 1 is 0.960 bits per heavy atom. The van der Waals surface area contributed by atoms with Crippen LogP contribution in [0.3, 0.4) is 0 Å². The van der Waals surface area contributed by atoms with Crippen LogP contribution in [0.4, 0.5) is 0 Å². The van der Waals surface area contributed by atoms with Crippen molar-refractivity contribution in [2.75, 3.05) is 31.9 Å². The highest BCUT2D eigenvalue weighted by Crippen LogP contribution is 2.14. The van der Waals surface area contributed by atoms with Gasteiger partial charge in [0.2, 0.25) is 10.0 Å². The van der Waals surface area contributed by atoms with Crippen molar-refractivity contribution in [2.45, 2.75) is 46.0 Å². The molecule has 2 rings (SSSR count). The molecule has 1 amide bonds. The second-order valence-electron chi connectivity index (χ2n) is 6.66. The molecule has 1 aliphatic heterocycles. The molecule has 0 atom stereocenters. The van der Waals surface area contributed by atoms with Crippen LogP contribution in [0.25, 0.3) is 0 Å². The van der Waals surface area contributed by atoms with Gasteiger partial charge in [0.1, 0.15) is 0 Å². The summed E-state index contributed by atoms with van der Waals surface area (Å²) in [6.45, 7) is 5.86. The fourth-order valence-electron chi connectivity index (χ4n) is 3.00. The van der Waals surface area contributed by atoms with Crippen molar-refractivity contribution in [3.8, 4) is 0 Å². The predicted molar refractivity (Wildman–Crippen MR) is 101 cm³/mol. The van der Waals surface area contributed by atoms with Gasteiger partial charge in [-0.2, -0.15) is 4.31 Å². The second kappa shape index (κ2) is 9.34. The SMILES string of the molecule is CCCCc1ccc(C(=O)N2CCN(S(=O)(=O)CCCC)CC2)cc1. The molecule has 1 saturated heterocycles. The summed E-state index contributed by atoms with van der Waals surface area (Å²) in [7, 11) is -3.18. The Balaban J connectivity index is 1.90. The van der Waals surface area contributed by atoms with Gasteiger partial charge in [-0.05, 0) is 37.0 Å². The number of hydrogen-bond donors (Lipinski definition) is 0. The molecule has 1 aliphatic rings. The normalized spacial score (nSPS) is 16.2. The average Bonchev–Trinajstić information content (AvgIpc) is 2.64. The minimum atomic E-state index is -3.18. The van der Waals surface area contributed by atoms with Gasteiger partial charge >= 0.3 is 0 Å². The van der Waals surface area contributed by atoms with Crippen LogP contribution in [0, 0.1) is 0 Å². The maximum Gasteiger partial charge on any atom is 0.253 e. The first-order valence-corrected chi connectivity index (χ1v) is 10.9. The molecule has 0 aromatic heterocycles. The van der Waals surface area contributed by atoms with E-state index < -0.39 is 10.0 Å². The first-order valence-electron chi connectivity index (χ1n) is 9.34. The lowest BCUT2D eigenvalue weighted by Crippen LogP contribution is -2.51. The number of carbonyl (C=O) groups is 1. The first kappa shape index (κ1) is 19.9. The number of nitrogens with zero attached hydrogens (tertiary/aromatic N) is 2. The van der Waals surface area contributed by atoms with E-state index in [0.29, 0.717) is 38.2 Å². The minimum absolute atomic E-state index is 0.00681. The molecule has 25 heavy (non-hydrogen) atoms. The summed E-state index contributed by atoms with van der Waals surface area (Å²) < 4.78 is 26.0. The van der Waals surface area contributed by atoms with E-state index in [1.165, 1.54) is 9.87 Å². The second-order valence-corrected chi connectivity index (χ2v) is 8.75. The summed E-state index contributed by atoms with van der Waals surface area (Å²) in [4.78, 5) is 14.4. The molecule has 0 saturated carbocycles. The van der Waals surface area contributed by atoms with E-state index in [0.717, 1.165) is 25.7 Å². The van der Waals surface area contributed by atoms with Gasteiger partial charge in [0.15, 0.2) is 0 Å². The summed E-state index contributed by atoms with van der Waals surface area (Å²) in [5, 5.41) is 0. The van der Waals surface area contributed by atoms with E-state index in [9.17, 15) is 13.2 Å². The van der Waals surface area contributed by atoms with Crippen molar-refractivity contribution in [3.05, 3.63) is 35.4 Å². The van der Waals surface area contributed by atoms with Crippen LogP contribution in [0.15, 0.2) is 24.3 Å². The summed E-state index contributed by atoms with van der Waals surface area (Å²) >= 11 is 0. The van der Waals surface area contributed by atoms with Crippen molar-refractivity contribution in [1.29, 1.82) is 0 Å². The van der Waals surface area contributed by atoms with Crippen molar-refractivity contribution in [1.82, 2.24) is 9.21 Å². The number of unbranched alkanes of at least 4 members (excludes halogenated alkanes) is 2. The van der Waals surface area contributed by atoms with Crippen LogP contribution in [0.1, 0.15) is 55.5 Å². The van der Waals surface area contributed by atoms with E-state index in [1.54, 1.807) is 4.90 Å². The Bertz CT molecular complexity index is 648. The molecule has 0 bridgehead atoms. The standard InChI is InChI=1S/C19H30N2O3S/c1-3-5-7-17-8-10-18(11-9-17)19(22)20-12-14-21(15-13-20)25(23,24)16-6-4-2/h8-11H,3-7,12-16H2,1-2H3. The summed E-state index contributed by atoms with van der Waals surface area (Å²) in [5.74, 6) is 0.198. The topological polar surface area (TPSA) is 57.7 Å². The zero-order valence-electron chi connectivity index (χ0n) is 15.4. The smallest absolute Gasteiger partial charge is 0.253 e. The maximum absolute atomic E-state index is 12.6. The van der Waals surface area contributed by atoms with Gasteiger partial charge in [0.25, 0.3) is 5.91 Å². The maximum atomic E-state index is 12.6. The van der Waals surface area contributed by atoms with E-state index >= 15 is 0 Å². The van der Waals surface area contributed by atoms with Crippen LogP contribution in [0.2, 0.25) is 0 Å². The Labute approximate surface area is 152 Å². The van der Waals surface area contributed by atoms with E-state index in [1.807, 2.05) is 31.2 Å². The molecule has 6 heteroatoms. The molecule has 0 radical (unpaired) electrons. The fourth-order valence-corrected chi connectivity index (χ4v) is 4.63. The lowest BCUT2D eigenvalue weighted by molar-refractivity contribution is 0.0698. The van der Waals surface area contributed by atoms with Crippen LogP contribution in [-0.4, -0.2) is 55.5 Å². The van der Waals surface area contributed by atoms with Gasteiger partial charge in [0, 0.05) is 31.7 Å². The van der Waals surface area contributed by atoms with E-state index in [4.69, 9.17) is 0 Å². The highest BCUT2D eigenvalue weighted by molar-refractivity contribution is 7.89. The van der Waals surface area contributed by atoms with Crippen molar-refractivity contribution in [2.24, 2.45) is 0 Å². The molecule has 0 N–H and O–H groups in total. The number of sulfonamides is 1. The number of carbonyl (C=O) groups excluding carboxylic acids is 1. The number of rotatable bonds is 8. The van der Waals surface area contributed by atoms with Gasteiger partial charge in [-0.1, -0.05) is 38.8 Å². The molecule has 1 aromatic rings. The number of aryl methyl sites for hydroxylation is 1. The molecule has 1 heterocycles. The molecule has 140 valence electrons. The molecule has 0 unspecified atom stereocenters.